The van der Waals surface area contributed by atoms with Crippen molar-refractivity contribution in [3.8, 4) is 5.75 Å². The Morgan fingerprint density at radius 3 is 2.53 bits per heavy atom. The molecule has 1 aliphatic carbocycles. The van der Waals surface area contributed by atoms with Crippen LogP contribution >= 0.6 is 12.2 Å². The molecule has 2 fully saturated rings. The maximum Gasteiger partial charge on any atom is 0.310 e. The molecule has 4 rings (SSSR count). The molecule has 0 unspecified atom stereocenters. The fraction of sp³-hybridized carbons (Fsp3) is 0.571. The summed E-state index contributed by atoms with van der Waals surface area (Å²) >= 11 is 5.54. The molecule has 1 saturated heterocycles. The lowest BCUT2D eigenvalue weighted by atomic mass is 9.64. The van der Waals surface area contributed by atoms with Crippen LogP contribution in [0.25, 0.3) is 0 Å². The van der Waals surface area contributed by atoms with Crippen LogP contribution in [0.5, 0.6) is 5.75 Å². The number of carbonyl (C=O) groups is 2. The van der Waals surface area contributed by atoms with Gasteiger partial charge in [0.15, 0.2) is 5.11 Å². The van der Waals surface area contributed by atoms with Gasteiger partial charge in [-0.05, 0) is 61.5 Å². The first-order chi connectivity index (χ1) is 18.4. The van der Waals surface area contributed by atoms with Gasteiger partial charge in [-0.25, -0.2) is 4.98 Å². The van der Waals surface area contributed by atoms with E-state index in [9.17, 15) is 14.7 Å². The molecule has 1 aromatic carbocycles. The molecular weight excluding hydrogens is 502 g/mol. The number of aromatic amines is 1. The zero-order valence-electron chi connectivity index (χ0n) is 22.1. The Balaban J connectivity index is 1.41. The van der Waals surface area contributed by atoms with Crippen LogP contribution in [0.2, 0.25) is 0 Å². The van der Waals surface area contributed by atoms with Gasteiger partial charge in [-0.2, -0.15) is 0 Å². The number of carboxylic acids is 1. The van der Waals surface area contributed by atoms with E-state index in [1.165, 1.54) is 6.42 Å². The zero-order valence-corrected chi connectivity index (χ0v) is 22.9. The third-order valence-corrected chi connectivity index (χ3v) is 8.47. The Labute approximate surface area is 229 Å². The molecule has 0 spiro atoms. The van der Waals surface area contributed by atoms with Crippen LogP contribution < -0.4 is 15.4 Å². The highest BCUT2D eigenvalue weighted by atomic mass is 32.1. The van der Waals surface area contributed by atoms with Gasteiger partial charge < -0.3 is 30.4 Å². The topological polar surface area (TPSA) is 120 Å². The largest absolute Gasteiger partial charge is 0.497 e. The molecule has 1 atom stereocenters. The quantitative estimate of drug-likeness (QED) is 0.338. The average Bonchev–Trinajstić information content (AvgIpc) is 3.47. The van der Waals surface area contributed by atoms with Gasteiger partial charge in [0.05, 0.1) is 24.5 Å². The van der Waals surface area contributed by atoms with Crippen LogP contribution in [-0.4, -0.2) is 69.7 Å². The number of carbonyl (C=O) groups excluding carboxylic acids is 1. The van der Waals surface area contributed by atoms with Crippen molar-refractivity contribution in [1.82, 2.24) is 25.5 Å². The summed E-state index contributed by atoms with van der Waals surface area (Å²) in [7, 11) is 1.62. The summed E-state index contributed by atoms with van der Waals surface area (Å²) in [6, 6.07) is 7.08. The number of benzene rings is 1. The van der Waals surface area contributed by atoms with E-state index in [4.69, 9.17) is 17.0 Å². The summed E-state index contributed by atoms with van der Waals surface area (Å²) in [6.45, 7) is 1.48. The first-order valence-electron chi connectivity index (χ1n) is 13.6. The first kappa shape index (κ1) is 27.9. The van der Waals surface area contributed by atoms with Gasteiger partial charge in [0.1, 0.15) is 11.8 Å². The third kappa shape index (κ3) is 6.83. The highest BCUT2D eigenvalue weighted by Crippen LogP contribution is 2.46. The van der Waals surface area contributed by atoms with E-state index < -0.39 is 17.4 Å². The van der Waals surface area contributed by atoms with Crippen molar-refractivity contribution in [2.75, 3.05) is 26.7 Å². The molecule has 2 aromatic rings. The predicted molar refractivity (Wildman–Crippen MR) is 149 cm³/mol. The molecule has 0 bridgehead atoms. The summed E-state index contributed by atoms with van der Waals surface area (Å²) in [6.07, 6.45) is 11.0. The van der Waals surface area contributed by atoms with Gasteiger partial charge in [0.2, 0.25) is 5.91 Å². The molecule has 2 heterocycles. The van der Waals surface area contributed by atoms with E-state index in [0.29, 0.717) is 50.4 Å². The van der Waals surface area contributed by atoms with E-state index in [2.05, 4.69) is 20.6 Å². The molecule has 9 nitrogen and oxygen atoms in total. The summed E-state index contributed by atoms with van der Waals surface area (Å²) in [5.41, 5.74) is 1.19. The number of amides is 1. The maximum atomic E-state index is 13.8. The number of carboxylic acid groups (broad SMARTS) is 1. The fourth-order valence-electron chi connectivity index (χ4n) is 5.94. The van der Waals surface area contributed by atoms with Crippen molar-refractivity contribution in [3.63, 3.8) is 0 Å². The molecule has 1 aromatic heterocycles. The van der Waals surface area contributed by atoms with E-state index in [-0.39, 0.29) is 11.8 Å². The van der Waals surface area contributed by atoms with Crippen LogP contribution in [0, 0.1) is 11.3 Å². The van der Waals surface area contributed by atoms with Crippen molar-refractivity contribution in [2.24, 2.45) is 11.3 Å². The number of piperidine rings is 1. The Hall–Kier alpha value is -3.14. The lowest BCUT2D eigenvalue weighted by molar-refractivity contribution is -0.160. The van der Waals surface area contributed by atoms with E-state index in [0.717, 1.165) is 42.7 Å². The highest BCUT2D eigenvalue weighted by molar-refractivity contribution is 7.80. The highest BCUT2D eigenvalue weighted by Gasteiger charge is 2.48. The number of aromatic nitrogens is 2. The number of ether oxygens (including phenoxy) is 1. The van der Waals surface area contributed by atoms with Gasteiger partial charge in [-0.1, -0.05) is 31.4 Å². The summed E-state index contributed by atoms with van der Waals surface area (Å²) in [5, 5.41) is 17.0. The number of thiocarbonyl (C=S) groups is 1. The molecule has 4 N–H and O–H groups in total. The Kier molecular flexibility index (Phi) is 9.60. The van der Waals surface area contributed by atoms with E-state index in [1.807, 2.05) is 35.4 Å². The smallest absolute Gasteiger partial charge is 0.310 e. The minimum absolute atomic E-state index is 0.0556. The van der Waals surface area contributed by atoms with Crippen molar-refractivity contribution in [2.45, 2.75) is 63.8 Å². The fourth-order valence-corrected chi connectivity index (χ4v) is 6.18. The summed E-state index contributed by atoms with van der Waals surface area (Å²) in [4.78, 5) is 35.2. The summed E-state index contributed by atoms with van der Waals surface area (Å²) < 4.78 is 5.27. The number of nitrogens with one attached hydrogen (secondary N) is 3. The Morgan fingerprint density at radius 2 is 1.92 bits per heavy atom. The number of hydrogen-bond donors (Lipinski definition) is 4. The van der Waals surface area contributed by atoms with E-state index >= 15 is 0 Å². The number of imidazole rings is 1. The lowest BCUT2D eigenvalue weighted by Gasteiger charge is -2.45. The van der Waals surface area contributed by atoms with Gasteiger partial charge in [-0.15, -0.1) is 0 Å². The number of likely N-dealkylation sites (tertiary alicyclic amines) is 1. The number of H-pyrrole nitrogens is 1. The zero-order chi connectivity index (χ0) is 27.0. The lowest BCUT2D eigenvalue weighted by Crippen LogP contribution is -2.56. The maximum absolute atomic E-state index is 13.8. The van der Waals surface area contributed by atoms with Crippen molar-refractivity contribution in [3.05, 3.63) is 48.0 Å². The first-order valence-corrected chi connectivity index (χ1v) is 14.0. The molecule has 2 aliphatic rings. The number of rotatable bonds is 10. The second kappa shape index (κ2) is 13.1. The monoisotopic (exact) mass is 541 g/mol. The number of aliphatic carboxylic acids is 1. The molecule has 1 aliphatic heterocycles. The predicted octanol–water partition coefficient (Wildman–Crippen LogP) is 3.31. The average molecular weight is 542 g/mol. The molecule has 38 heavy (non-hydrogen) atoms. The molecule has 0 radical (unpaired) electrons. The van der Waals surface area contributed by atoms with Gasteiger partial charge in [0.25, 0.3) is 0 Å². The molecule has 206 valence electrons. The number of methoxy groups -OCH3 is 1. The molecule has 1 saturated carbocycles. The second-order valence-corrected chi connectivity index (χ2v) is 10.8. The normalized spacial score (nSPS) is 18.4. The second-order valence-electron chi connectivity index (χ2n) is 10.4. The minimum Gasteiger partial charge on any atom is -0.497 e. The van der Waals surface area contributed by atoms with Gasteiger partial charge >= 0.3 is 5.97 Å². The standard InChI is InChI=1S/C28H39N5O4S/c1-37-23-9-7-20(8-10-23)17-24(32-27(38)30-14-11-22-18-29-19-31-22)25(34)33-15-12-28(13-16-33,26(35)36)21-5-3-2-4-6-21/h7-10,18-19,21,24H,2-6,11-17H2,1H3,(H,29,31)(H,35,36)(H2,30,32,38)/t24-/m1/s1. The van der Waals surface area contributed by atoms with Crippen molar-refractivity contribution in [1.29, 1.82) is 0 Å². The van der Waals surface area contributed by atoms with Crippen molar-refractivity contribution < 1.29 is 19.4 Å². The minimum atomic E-state index is -0.723. The van der Waals surface area contributed by atoms with Gasteiger partial charge in [-0.3, -0.25) is 9.59 Å². The number of nitrogens with zero attached hydrogens (tertiary/aromatic N) is 2. The van der Waals surface area contributed by atoms with Crippen LogP contribution in [0.1, 0.15) is 56.2 Å². The van der Waals surface area contributed by atoms with Crippen LogP contribution in [0.15, 0.2) is 36.8 Å². The summed E-state index contributed by atoms with van der Waals surface area (Å²) in [5.74, 6) is 0.195. The number of hydrogen-bond acceptors (Lipinski definition) is 5. The van der Waals surface area contributed by atoms with Crippen LogP contribution in [0.4, 0.5) is 0 Å². The van der Waals surface area contributed by atoms with Gasteiger partial charge in [0, 0.05) is 38.7 Å². The van der Waals surface area contributed by atoms with Crippen LogP contribution in [0.3, 0.4) is 0 Å². The third-order valence-electron chi connectivity index (χ3n) is 8.20. The Bertz CT molecular complexity index is 1060. The molecule has 1 amide bonds. The van der Waals surface area contributed by atoms with Crippen LogP contribution in [-0.2, 0) is 22.4 Å². The van der Waals surface area contributed by atoms with E-state index in [1.54, 1.807) is 13.4 Å². The molecular formula is C28H39N5O4S. The SMILES string of the molecule is COc1ccc(C[C@@H](NC(=S)NCCc2c[nH]cn2)C(=O)N2CCC(C(=O)O)(C3CCCCC3)CC2)cc1. The Morgan fingerprint density at radius 1 is 1.21 bits per heavy atom. The molecule has 10 heteroatoms. The van der Waals surface area contributed by atoms with Crippen molar-refractivity contribution >= 4 is 29.2 Å².